The average molecular weight is 430 g/mol. The molecule has 0 spiro atoms. The minimum absolute atomic E-state index is 0.195. The van der Waals surface area contributed by atoms with Gasteiger partial charge in [0.05, 0.1) is 10.6 Å². The van der Waals surface area contributed by atoms with E-state index in [0.29, 0.717) is 32.5 Å². The van der Waals surface area contributed by atoms with Gasteiger partial charge < -0.3 is 15.6 Å². The normalized spacial score (nSPS) is 10.6. The van der Waals surface area contributed by atoms with Crippen molar-refractivity contribution in [3.8, 4) is 5.75 Å². The highest BCUT2D eigenvalue weighted by Gasteiger charge is 2.16. The molecule has 3 rings (SSSR count). The lowest BCUT2D eigenvalue weighted by molar-refractivity contribution is 0.0695. The van der Waals surface area contributed by atoms with Crippen molar-refractivity contribution in [2.24, 2.45) is 5.73 Å². The Morgan fingerprint density at radius 2 is 1.66 bits per heavy atom. The summed E-state index contributed by atoms with van der Waals surface area (Å²) in [6.45, 7) is 0.228. The topological polar surface area (TPSA) is 89.6 Å². The third-order valence-corrected chi connectivity index (χ3v) is 5.17. The summed E-state index contributed by atoms with van der Waals surface area (Å²) in [6.07, 6.45) is 0.255. The van der Waals surface area contributed by atoms with Crippen LogP contribution in [0, 0.1) is 0 Å². The van der Waals surface area contributed by atoms with Crippen LogP contribution in [0.3, 0.4) is 0 Å². The summed E-state index contributed by atoms with van der Waals surface area (Å²) in [5.41, 5.74) is 7.86. The van der Waals surface area contributed by atoms with Gasteiger partial charge in [-0.2, -0.15) is 0 Å². The molecule has 0 saturated heterocycles. The molecule has 3 aromatic carbocycles. The summed E-state index contributed by atoms with van der Waals surface area (Å²) in [7, 11) is 0. The summed E-state index contributed by atoms with van der Waals surface area (Å²) in [6, 6.07) is 16.8. The van der Waals surface area contributed by atoms with E-state index in [9.17, 15) is 14.7 Å². The molecule has 3 aromatic rings. The molecule has 0 bridgehead atoms. The maximum Gasteiger partial charge on any atom is 0.335 e. The first kappa shape index (κ1) is 20.7. The molecular formula is C22H17Cl2NO4. The minimum atomic E-state index is -1.01. The Morgan fingerprint density at radius 3 is 2.31 bits per heavy atom. The largest absolute Gasteiger partial charge is 0.487 e. The molecule has 0 atom stereocenters. The van der Waals surface area contributed by atoms with E-state index < -0.39 is 11.9 Å². The number of nitrogens with two attached hydrogens (primary N) is 1. The van der Waals surface area contributed by atoms with E-state index in [1.165, 1.54) is 6.07 Å². The molecule has 0 aliphatic carbocycles. The van der Waals surface area contributed by atoms with Crippen LogP contribution in [0.15, 0.2) is 60.7 Å². The summed E-state index contributed by atoms with van der Waals surface area (Å²) >= 11 is 12.8. The van der Waals surface area contributed by atoms with Crippen LogP contribution in [0.4, 0.5) is 0 Å². The van der Waals surface area contributed by atoms with Crippen molar-refractivity contribution in [3.05, 3.63) is 98.5 Å². The van der Waals surface area contributed by atoms with Crippen molar-refractivity contribution < 1.29 is 19.4 Å². The number of primary amides is 1. The number of benzene rings is 3. The molecule has 3 N–H and O–H groups in total. The number of rotatable bonds is 7. The zero-order chi connectivity index (χ0) is 21.0. The number of carboxylic acid groups (broad SMARTS) is 1. The summed E-state index contributed by atoms with van der Waals surface area (Å²) in [5.74, 6) is -1.08. The van der Waals surface area contributed by atoms with E-state index >= 15 is 0 Å². The van der Waals surface area contributed by atoms with Crippen LogP contribution < -0.4 is 10.5 Å². The lowest BCUT2D eigenvalue weighted by atomic mass is 9.99. The molecular weight excluding hydrogens is 413 g/mol. The fourth-order valence-electron chi connectivity index (χ4n) is 2.85. The Hall–Kier alpha value is -3.02. The lowest BCUT2D eigenvalue weighted by Crippen LogP contribution is -2.10. The van der Waals surface area contributed by atoms with E-state index in [-0.39, 0.29) is 18.6 Å². The predicted octanol–water partition coefficient (Wildman–Crippen LogP) is 4.96. The van der Waals surface area contributed by atoms with Gasteiger partial charge in [0.1, 0.15) is 12.4 Å². The molecule has 0 radical (unpaired) electrons. The van der Waals surface area contributed by atoms with Gasteiger partial charge in [-0.25, -0.2) is 4.79 Å². The molecule has 0 aliphatic rings. The molecule has 0 heterocycles. The molecule has 0 fully saturated rings. The van der Waals surface area contributed by atoms with Gasteiger partial charge in [0.15, 0.2) is 0 Å². The monoisotopic (exact) mass is 429 g/mol. The van der Waals surface area contributed by atoms with Gasteiger partial charge in [0.25, 0.3) is 0 Å². The van der Waals surface area contributed by atoms with Crippen molar-refractivity contribution in [2.45, 2.75) is 13.0 Å². The maximum atomic E-state index is 11.5. The number of ether oxygens (including phenoxy) is 1. The summed E-state index contributed by atoms with van der Waals surface area (Å²) < 4.78 is 5.81. The lowest BCUT2D eigenvalue weighted by Gasteiger charge is -2.14. The Labute approximate surface area is 177 Å². The first-order valence-corrected chi connectivity index (χ1v) is 9.42. The first-order chi connectivity index (χ1) is 13.9. The van der Waals surface area contributed by atoms with E-state index in [0.717, 1.165) is 5.56 Å². The SMILES string of the molecule is NC(=O)c1ccc(COc2ccc(Cl)c(Cc3ccccc3C(=O)O)c2Cl)cc1. The van der Waals surface area contributed by atoms with Gasteiger partial charge in [0, 0.05) is 17.0 Å². The molecule has 7 heteroatoms. The minimum Gasteiger partial charge on any atom is -0.487 e. The number of halogens is 2. The van der Waals surface area contributed by atoms with Crippen LogP contribution in [-0.4, -0.2) is 17.0 Å². The molecule has 148 valence electrons. The predicted molar refractivity (Wildman–Crippen MR) is 112 cm³/mol. The van der Waals surface area contributed by atoms with E-state index in [1.54, 1.807) is 54.6 Å². The summed E-state index contributed by atoms with van der Waals surface area (Å²) in [4.78, 5) is 22.6. The van der Waals surface area contributed by atoms with E-state index in [1.807, 2.05) is 0 Å². The standard InChI is InChI=1S/C22H17Cl2NO4/c23-18-9-10-19(29-12-13-5-7-14(8-6-13)21(25)26)20(24)17(18)11-15-3-1-2-4-16(15)22(27)28/h1-10H,11-12H2,(H2,25,26)(H,27,28). The van der Waals surface area contributed by atoms with Crippen molar-refractivity contribution in [1.82, 2.24) is 0 Å². The smallest absolute Gasteiger partial charge is 0.335 e. The maximum absolute atomic E-state index is 11.5. The van der Waals surface area contributed by atoms with Crippen LogP contribution in [0.5, 0.6) is 5.75 Å². The average Bonchev–Trinajstić information content (AvgIpc) is 2.71. The highest BCUT2D eigenvalue weighted by atomic mass is 35.5. The highest BCUT2D eigenvalue weighted by Crippen LogP contribution is 2.35. The third-order valence-electron chi connectivity index (χ3n) is 4.40. The molecule has 0 unspecified atom stereocenters. The molecule has 5 nitrogen and oxygen atoms in total. The van der Waals surface area contributed by atoms with Gasteiger partial charge in [-0.05, 0) is 47.0 Å². The van der Waals surface area contributed by atoms with Crippen molar-refractivity contribution >= 4 is 35.1 Å². The van der Waals surface area contributed by atoms with Gasteiger partial charge in [-0.1, -0.05) is 53.5 Å². The van der Waals surface area contributed by atoms with Crippen molar-refractivity contribution in [2.75, 3.05) is 0 Å². The van der Waals surface area contributed by atoms with Crippen LogP contribution in [0.2, 0.25) is 10.0 Å². The number of carbonyl (C=O) groups excluding carboxylic acids is 1. The van der Waals surface area contributed by atoms with Gasteiger partial charge in [-0.3, -0.25) is 4.79 Å². The van der Waals surface area contributed by atoms with Crippen LogP contribution in [-0.2, 0) is 13.0 Å². The Morgan fingerprint density at radius 1 is 0.966 bits per heavy atom. The highest BCUT2D eigenvalue weighted by molar-refractivity contribution is 6.37. The number of hydrogen-bond acceptors (Lipinski definition) is 3. The van der Waals surface area contributed by atoms with Crippen LogP contribution in [0.25, 0.3) is 0 Å². The quantitative estimate of drug-likeness (QED) is 0.555. The second-order valence-electron chi connectivity index (χ2n) is 6.33. The Bertz CT molecular complexity index is 1060. The zero-order valence-electron chi connectivity index (χ0n) is 15.2. The number of hydrogen-bond donors (Lipinski definition) is 2. The summed E-state index contributed by atoms with van der Waals surface area (Å²) in [5, 5.41) is 10.1. The van der Waals surface area contributed by atoms with Gasteiger partial charge >= 0.3 is 5.97 Å². The molecule has 0 aliphatic heterocycles. The molecule has 0 saturated carbocycles. The number of carboxylic acids is 1. The number of amides is 1. The Kier molecular flexibility index (Phi) is 6.42. The van der Waals surface area contributed by atoms with E-state index in [4.69, 9.17) is 33.7 Å². The molecule has 29 heavy (non-hydrogen) atoms. The van der Waals surface area contributed by atoms with Gasteiger partial charge in [-0.15, -0.1) is 0 Å². The fourth-order valence-corrected chi connectivity index (χ4v) is 3.41. The van der Waals surface area contributed by atoms with Crippen molar-refractivity contribution in [1.29, 1.82) is 0 Å². The van der Waals surface area contributed by atoms with Crippen molar-refractivity contribution in [3.63, 3.8) is 0 Å². The van der Waals surface area contributed by atoms with E-state index in [2.05, 4.69) is 0 Å². The number of aromatic carboxylic acids is 1. The van der Waals surface area contributed by atoms with Gasteiger partial charge in [0.2, 0.25) is 5.91 Å². The first-order valence-electron chi connectivity index (χ1n) is 8.66. The second-order valence-corrected chi connectivity index (χ2v) is 7.11. The number of carbonyl (C=O) groups is 2. The van der Waals surface area contributed by atoms with Crippen LogP contribution >= 0.6 is 23.2 Å². The Balaban J connectivity index is 1.82. The fraction of sp³-hybridized carbons (Fsp3) is 0.0909. The third kappa shape index (κ3) is 4.88. The molecule has 0 aromatic heterocycles. The van der Waals surface area contributed by atoms with Crippen LogP contribution in [0.1, 0.15) is 37.4 Å². The molecule has 1 amide bonds. The second kappa shape index (κ2) is 8.99. The zero-order valence-corrected chi connectivity index (χ0v) is 16.7.